The van der Waals surface area contributed by atoms with Crippen molar-refractivity contribution >= 4 is 35.6 Å². The second kappa shape index (κ2) is 9.81. The van der Waals surface area contributed by atoms with Gasteiger partial charge in [0.05, 0.1) is 32.1 Å². The lowest BCUT2D eigenvalue weighted by atomic mass is 10.3. The zero-order chi connectivity index (χ0) is 18.4. The fourth-order valence-electron chi connectivity index (χ4n) is 2.38. The number of halogens is 1. The van der Waals surface area contributed by atoms with E-state index in [1.54, 1.807) is 18.9 Å². The summed E-state index contributed by atoms with van der Waals surface area (Å²) in [6, 6.07) is 17.1. The van der Waals surface area contributed by atoms with Crippen molar-refractivity contribution in [3.05, 3.63) is 66.5 Å². The molecule has 8 heteroatoms. The Labute approximate surface area is 175 Å². The molecular formula is C19H22IN5O2. The molecule has 142 valence electrons. The first-order chi connectivity index (χ1) is 12.7. The minimum Gasteiger partial charge on any atom is -0.497 e. The number of ether oxygens (including phenoxy) is 2. The Hall–Kier alpha value is -2.75. The van der Waals surface area contributed by atoms with Crippen LogP contribution in [0, 0.1) is 0 Å². The quantitative estimate of drug-likeness (QED) is 0.322. The van der Waals surface area contributed by atoms with Crippen molar-refractivity contribution in [2.75, 3.05) is 19.5 Å². The molecule has 1 heterocycles. The Balaban J connectivity index is 0.00000261. The number of rotatable bonds is 6. The molecule has 2 aromatic carbocycles. The van der Waals surface area contributed by atoms with E-state index < -0.39 is 0 Å². The zero-order valence-electron chi connectivity index (χ0n) is 15.1. The third kappa shape index (κ3) is 5.61. The zero-order valence-corrected chi connectivity index (χ0v) is 17.5. The molecule has 0 spiro atoms. The van der Waals surface area contributed by atoms with Gasteiger partial charge < -0.3 is 20.5 Å². The summed E-state index contributed by atoms with van der Waals surface area (Å²) in [7, 11) is 3.26. The second-order valence-electron chi connectivity index (χ2n) is 5.51. The number of aromatic nitrogens is 2. The highest BCUT2D eigenvalue weighted by Crippen LogP contribution is 2.17. The van der Waals surface area contributed by atoms with E-state index >= 15 is 0 Å². The van der Waals surface area contributed by atoms with Crippen molar-refractivity contribution in [3.8, 4) is 17.2 Å². The van der Waals surface area contributed by atoms with Gasteiger partial charge in [-0.05, 0) is 42.5 Å². The van der Waals surface area contributed by atoms with Crippen LogP contribution in [0.2, 0.25) is 0 Å². The average molecular weight is 479 g/mol. The SMILES string of the molecule is COc1ccc(-n2ccc(CN=C(N)Nc3cccc(OC)c3)n2)cc1.I. The Morgan fingerprint density at radius 2 is 1.81 bits per heavy atom. The molecule has 3 aromatic rings. The summed E-state index contributed by atoms with van der Waals surface area (Å²) >= 11 is 0. The molecule has 0 aliphatic carbocycles. The molecule has 27 heavy (non-hydrogen) atoms. The van der Waals surface area contributed by atoms with Gasteiger partial charge in [-0.25, -0.2) is 9.67 Å². The van der Waals surface area contributed by atoms with Crippen molar-refractivity contribution < 1.29 is 9.47 Å². The van der Waals surface area contributed by atoms with E-state index in [0.717, 1.165) is 28.6 Å². The summed E-state index contributed by atoms with van der Waals surface area (Å²) in [6.07, 6.45) is 1.89. The number of aliphatic imine (C=N–C) groups is 1. The number of nitrogens with zero attached hydrogens (tertiary/aromatic N) is 3. The van der Waals surface area contributed by atoms with Crippen LogP contribution < -0.4 is 20.5 Å². The Morgan fingerprint density at radius 3 is 2.52 bits per heavy atom. The number of hydrogen-bond acceptors (Lipinski definition) is 4. The van der Waals surface area contributed by atoms with Gasteiger partial charge >= 0.3 is 0 Å². The maximum absolute atomic E-state index is 5.94. The van der Waals surface area contributed by atoms with E-state index in [0.29, 0.717) is 12.5 Å². The van der Waals surface area contributed by atoms with E-state index in [1.165, 1.54) is 0 Å². The second-order valence-corrected chi connectivity index (χ2v) is 5.51. The molecule has 3 N–H and O–H groups in total. The third-order valence-corrected chi connectivity index (χ3v) is 3.73. The van der Waals surface area contributed by atoms with Crippen LogP contribution in [0.1, 0.15) is 5.69 Å². The van der Waals surface area contributed by atoms with Crippen molar-refractivity contribution in [2.24, 2.45) is 10.7 Å². The van der Waals surface area contributed by atoms with Crippen molar-refractivity contribution in [3.63, 3.8) is 0 Å². The summed E-state index contributed by atoms with van der Waals surface area (Å²) < 4.78 is 12.1. The molecule has 0 saturated carbocycles. The van der Waals surface area contributed by atoms with Gasteiger partial charge in [0, 0.05) is 18.0 Å². The van der Waals surface area contributed by atoms with Crippen molar-refractivity contribution in [1.82, 2.24) is 9.78 Å². The largest absolute Gasteiger partial charge is 0.497 e. The first-order valence-electron chi connectivity index (χ1n) is 8.08. The molecule has 1 aromatic heterocycles. The van der Waals surface area contributed by atoms with Crippen LogP contribution in [0.4, 0.5) is 5.69 Å². The average Bonchev–Trinajstić information content (AvgIpc) is 3.15. The van der Waals surface area contributed by atoms with Crippen molar-refractivity contribution in [1.29, 1.82) is 0 Å². The molecule has 0 atom stereocenters. The molecule has 7 nitrogen and oxygen atoms in total. The first kappa shape index (κ1) is 20.6. The summed E-state index contributed by atoms with van der Waals surface area (Å²) in [5.74, 6) is 1.88. The van der Waals surface area contributed by atoms with Crippen LogP contribution in [0.5, 0.6) is 11.5 Å². The van der Waals surface area contributed by atoms with Gasteiger partial charge in [0.15, 0.2) is 5.96 Å². The highest BCUT2D eigenvalue weighted by molar-refractivity contribution is 14.0. The van der Waals surface area contributed by atoms with Gasteiger partial charge in [-0.1, -0.05) is 6.07 Å². The third-order valence-electron chi connectivity index (χ3n) is 3.73. The summed E-state index contributed by atoms with van der Waals surface area (Å²) in [6.45, 7) is 0.381. The predicted molar refractivity (Wildman–Crippen MR) is 117 cm³/mol. The summed E-state index contributed by atoms with van der Waals surface area (Å²) in [4.78, 5) is 4.33. The van der Waals surface area contributed by atoms with Gasteiger partial charge in [0.2, 0.25) is 0 Å². The van der Waals surface area contributed by atoms with E-state index in [1.807, 2.05) is 60.8 Å². The molecule has 0 radical (unpaired) electrons. The van der Waals surface area contributed by atoms with Crippen LogP contribution >= 0.6 is 24.0 Å². The van der Waals surface area contributed by atoms with Crippen LogP contribution in [0.15, 0.2) is 65.8 Å². The van der Waals surface area contributed by atoms with E-state index in [-0.39, 0.29) is 24.0 Å². The van der Waals surface area contributed by atoms with Crippen LogP contribution in [-0.4, -0.2) is 30.0 Å². The van der Waals surface area contributed by atoms with Crippen LogP contribution in [-0.2, 0) is 6.54 Å². The van der Waals surface area contributed by atoms with E-state index in [2.05, 4.69) is 15.4 Å². The maximum Gasteiger partial charge on any atom is 0.193 e. The topological polar surface area (TPSA) is 86.7 Å². The monoisotopic (exact) mass is 479 g/mol. The normalized spacial score (nSPS) is 10.8. The molecule has 0 amide bonds. The number of nitrogens with one attached hydrogen (secondary N) is 1. The fraction of sp³-hybridized carbons (Fsp3) is 0.158. The molecule has 0 fully saturated rings. The molecule has 0 saturated heterocycles. The predicted octanol–water partition coefficient (Wildman–Crippen LogP) is 3.43. The number of methoxy groups -OCH3 is 2. The molecular weight excluding hydrogens is 457 g/mol. The Bertz CT molecular complexity index is 893. The standard InChI is InChI=1S/C19H21N5O2.HI/c1-25-17-8-6-16(7-9-17)24-11-10-15(23-24)13-21-19(20)22-14-4-3-5-18(12-14)26-2;/h3-12H,13H2,1-2H3,(H3,20,21,22);1H. The highest BCUT2D eigenvalue weighted by Gasteiger charge is 2.02. The van der Waals surface area contributed by atoms with Crippen LogP contribution in [0.3, 0.4) is 0 Å². The van der Waals surface area contributed by atoms with Crippen molar-refractivity contribution in [2.45, 2.75) is 6.54 Å². The lowest BCUT2D eigenvalue weighted by molar-refractivity contribution is 0.414. The lowest BCUT2D eigenvalue weighted by Gasteiger charge is -2.07. The Morgan fingerprint density at radius 1 is 1.07 bits per heavy atom. The number of anilines is 1. The molecule has 0 aliphatic heterocycles. The fourth-order valence-corrected chi connectivity index (χ4v) is 2.38. The lowest BCUT2D eigenvalue weighted by Crippen LogP contribution is -2.22. The number of benzene rings is 2. The van der Waals surface area contributed by atoms with Gasteiger partial charge in [-0.2, -0.15) is 5.10 Å². The Kier molecular flexibility index (Phi) is 7.47. The summed E-state index contributed by atoms with van der Waals surface area (Å²) in [5.41, 5.74) is 8.52. The molecule has 0 bridgehead atoms. The summed E-state index contributed by atoms with van der Waals surface area (Å²) in [5, 5.41) is 7.55. The minimum absolute atomic E-state index is 0. The van der Waals surface area contributed by atoms with Crippen LogP contribution in [0.25, 0.3) is 5.69 Å². The molecule has 0 unspecified atom stereocenters. The highest BCUT2D eigenvalue weighted by atomic mass is 127. The van der Waals surface area contributed by atoms with Gasteiger partial charge in [0.1, 0.15) is 11.5 Å². The molecule has 3 rings (SSSR count). The number of hydrogen-bond donors (Lipinski definition) is 2. The van der Waals surface area contributed by atoms with E-state index in [4.69, 9.17) is 15.2 Å². The number of nitrogens with two attached hydrogens (primary N) is 1. The van der Waals surface area contributed by atoms with Gasteiger partial charge in [-0.15, -0.1) is 24.0 Å². The van der Waals surface area contributed by atoms with Gasteiger partial charge in [0.25, 0.3) is 0 Å². The van der Waals surface area contributed by atoms with Gasteiger partial charge in [-0.3, -0.25) is 0 Å². The minimum atomic E-state index is 0. The smallest absolute Gasteiger partial charge is 0.193 e. The van der Waals surface area contributed by atoms with E-state index in [9.17, 15) is 0 Å². The first-order valence-corrected chi connectivity index (χ1v) is 8.08. The molecule has 0 aliphatic rings. The maximum atomic E-state index is 5.94. The number of guanidine groups is 1.